The van der Waals surface area contributed by atoms with E-state index < -0.39 is 6.17 Å². The highest BCUT2D eigenvalue weighted by molar-refractivity contribution is 6.30. The minimum absolute atomic E-state index is 0.132. The smallest absolute Gasteiger partial charge is 0.269 e. The van der Waals surface area contributed by atoms with E-state index in [0.29, 0.717) is 22.6 Å². The van der Waals surface area contributed by atoms with Crippen molar-refractivity contribution in [3.05, 3.63) is 86.8 Å². The second-order valence-electron chi connectivity index (χ2n) is 6.52. The van der Waals surface area contributed by atoms with Gasteiger partial charge in [0.1, 0.15) is 0 Å². The van der Waals surface area contributed by atoms with Crippen LogP contribution in [0.15, 0.2) is 59.4 Å². The SMILES string of the molecule is Cc1cccc(NC2=[NH+]C(c3ccc(Cl)cc3)n3c(nc(C)cc3=O)N2)c1. The van der Waals surface area contributed by atoms with Gasteiger partial charge >= 0.3 is 5.96 Å². The van der Waals surface area contributed by atoms with Crippen molar-refractivity contribution in [3.8, 4) is 0 Å². The Morgan fingerprint density at radius 2 is 1.93 bits per heavy atom. The fourth-order valence-electron chi connectivity index (χ4n) is 3.10. The van der Waals surface area contributed by atoms with E-state index in [-0.39, 0.29) is 5.56 Å². The molecule has 6 nitrogen and oxygen atoms in total. The Labute approximate surface area is 161 Å². The van der Waals surface area contributed by atoms with Gasteiger partial charge in [-0.2, -0.15) is 0 Å². The lowest BCUT2D eigenvalue weighted by molar-refractivity contribution is -0.520. The molecule has 136 valence electrons. The lowest BCUT2D eigenvalue weighted by atomic mass is 10.1. The number of aromatic nitrogens is 2. The van der Waals surface area contributed by atoms with Crippen molar-refractivity contribution in [2.75, 3.05) is 10.6 Å². The van der Waals surface area contributed by atoms with Crippen LogP contribution >= 0.6 is 11.6 Å². The molecule has 1 atom stereocenters. The van der Waals surface area contributed by atoms with Gasteiger partial charge in [0.15, 0.2) is 6.17 Å². The summed E-state index contributed by atoms with van der Waals surface area (Å²) in [6, 6.07) is 17.0. The minimum Gasteiger partial charge on any atom is -0.269 e. The van der Waals surface area contributed by atoms with Gasteiger partial charge in [-0.3, -0.25) is 9.79 Å². The minimum atomic E-state index is -0.411. The maximum atomic E-state index is 12.6. The van der Waals surface area contributed by atoms with Crippen LogP contribution < -0.4 is 21.2 Å². The maximum absolute atomic E-state index is 12.6. The zero-order valence-corrected chi connectivity index (χ0v) is 15.7. The number of nitrogens with zero attached hydrogens (tertiary/aromatic N) is 2. The number of nitrogens with one attached hydrogen (secondary N) is 3. The van der Waals surface area contributed by atoms with Gasteiger partial charge in [0, 0.05) is 22.3 Å². The van der Waals surface area contributed by atoms with Crippen molar-refractivity contribution in [3.63, 3.8) is 0 Å². The first-order valence-electron chi connectivity index (χ1n) is 8.59. The van der Waals surface area contributed by atoms with Gasteiger partial charge in [-0.05, 0) is 43.7 Å². The zero-order valence-electron chi connectivity index (χ0n) is 15.0. The molecule has 4 rings (SSSR count). The van der Waals surface area contributed by atoms with Crippen LogP contribution in [0.5, 0.6) is 0 Å². The number of rotatable bonds is 2. The predicted octanol–water partition coefficient (Wildman–Crippen LogP) is 2.03. The molecule has 2 aromatic carbocycles. The van der Waals surface area contributed by atoms with E-state index in [9.17, 15) is 4.79 Å². The summed E-state index contributed by atoms with van der Waals surface area (Å²) in [5.74, 6) is 1.13. The number of anilines is 2. The van der Waals surface area contributed by atoms with E-state index in [1.165, 1.54) is 6.07 Å². The van der Waals surface area contributed by atoms with Crippen molar-refractivity contribution in [2.24, 2.45) is 0 Å². The van der Waals surface area contributed by atoms with E-state index in [0.717, 1.165) is 16.8 Å². The molecule has 0 fully saturated rings. The standard InChI is InChI=1S/C20H18ClN5O/c1-12-4-3-5-16(10-12)23-19-24-18(14-6-8-15(21)9-7-14)26-17(27)11-13(2)22-20(26)25-19/h3-11,18H,1-2H3,(H2,22,23,24,25)/p+1. The van der Waals surface area contributed by atoms with Gasteiger partial charge in [0.2, 0.25) is 0 Å². The number of halogens is 1. The van der Waals surface area contributed by atoms with E-state index in [1.54, 1.807) is 23.6 Å². The highest BCUT2D eigenvalue weighted by Crippen LogP contribution is 2.19. The molecule has 0 bridgehead atoms. The van der Waals surface area contributed by atoms with Crippen LogP contribution in [0.3, 0.4) is 0 Å². The summed E-state index contributed by atoms with van der Waals surface area (Å²) < 4.78 is 1.59. The molecule has 0 spiro atoms. The van der Waals surface area contributed by atoms with E-state index in [1.807, 2.05) is 43.3 Å². The van der Waals surface area contributed by atoms with E-state index in [2.05, 4.69) is 20.6 Å². The summed E-state index contributed by atoms with van der Waals surface area (Å²) in [5.41, 5.74) is 3.51. The van der Waals surface area contributed by atoms with Gasteiger partial charge in [-0.1, -0.05) is 35.9 Å². The third kappa shape index (κ3) is 3.57. The normalized spacial score (nSPS) is 15.5. The van der Waals surface area contributed by atoms with Crippen LogP contribution in [-0.2, 0) is 0 Å². The van der Waals surface area contributed by atoms with Crippen molar-refractivity contribution in [1.29, 1.82) is 0 Å². The Balaban J connectivity index is 1.80. The number of benzene rings is 2. The Morgan fingerprint density at radius 3 is 2.67 bits per heavy atom. The summed E-state index contributed by atoms with van der Waals surface area (Å²) >= 11 is 6.02. The Bertz CT molecular complexity index is 1090. The molecule has 3 aromatic rings. The first kappa shape index (κ1) is 17.3. The average Bonchev–Trinajstić information content (AvgIpc) is 2.61. The average molecular weight is 381 g/mol. The van der Waals surface area contributed by atoms with Gasteiger partial charge in [0.05, 0.1) is 5.69 Å². The van der Waals surface area contributed by atoms with Crippen LogP contribution in [0.2, 0.25) is 5.02 Å². The fourth-order valence-corrected chi connectivity index (χ4v) is 3.23. The highest BCUT2D eigenvalue weighted by atomic mass is 35.5. The molecule has 1 aromatic heterocycles. The number of hydrogen-bond donors (Lipinski definition) is 3. The predicted molar refractivity (Wildman–Crippen MR) is 107 cm³/mol. The molecule has 27 heavy (non-hydrogen) atoms. The lowest BCUT2D eigenvalue weighted by Crippen LogP contribution is -2.82. The highest BCUT2D eigenvalue weighted by Gasteiger charge is 2.29. The van der Waals surface area contributed by atoms with Crippen LogP contribution in [0, 0.1) is 13.8 Å². The molecular formula is C20H19ClN5O+. The summed E-state index contributed by atoms with van der Waals surface area (Å²) in [4.78, 5) is 20.5. The first-order chi connectivity index (χ1) is 13.0. The molecule has 2 heterocycles. The molecule has 0 saturated carbocycles. The molecule has 0 aliphatic carbocycles. The molecule has 1 aliphatic heterocycles. The van der Waals surface area contributed by atoms with Crippen LogP contribution in [0.1, 0.15) is 23.0 Å². The van der Waals surface area contributed by atoms with E-state index >= 15 is 0 Å². The van der Waals surface area contributed by atoms with Crippen LogP contribution in [0.4, 0.5) is 11.6 Å². The number of aryl methyl sites for hydroxylation is 2. The van der Waals surface area contributed by atoms with Crippen molar-refractivity contribution in [1.82, 2.24) is 9.55 Å². The molecule has 0 amide bonds. The first-order valence-corrected chi connectivity index (χ1v) is 8.97. The van der Waals surface area contributed by atoms with Crippen molar-refractivity contribution in [2.45, 2.75) is 20.0 Å². The molecule has 0 radical (unpaired) electrons. The molecule has 7 heteroatoms. The second kappa shape index (κ2) is 6.89. The lowest BCUT2D eigenvalue weighted by Gasteiger charge is -2.23. The maximum Gasteiger partial charge on any atom is 0.357 e. The zero-order chi connectivity index (χ0) is 19.0. The van der Waals surface area contributed by atoms with Crippen molar-refractivity contribution >= 4 is 29.2 Å². The Kier molecular flexibility index (Phi) is 4.41. The molecule has 1 unspecified atom stereocenters. The number of hydrogen-bond acceptors (Lipinski definition) is 4. The Hall–Kier alpha value is -3.12. The third-order valence-corrected chi connectivity index (χ3v) is 4.58. The topological polar surface area (TPSA) is 72.9 Å². The molecule has 0 saturated heterocycles. The molecular weight excluding hydrogens is 362 g/mol. The quantitative estimate of drug-likeness (QED) is 0.636. The van der Waals surface area contributed by atoms with Crippen LogP contribution in [0.25, 0.3) is 0 Å². The third-order valence-electron chi connectivity index (χ3n) is 4.33. The summed E-state index contributed by atoms with van der Waals surface area (Å²) in [5, 5.41) is 7.15. The number of guanidine groups is 1. The van der Waals surface area contributed by atoms with Crippen LogP contribution in [-0.4, -0.2) is 15.5 Å². The van der Waals surface area contributed by atoms with Gasteiger partial charge in [-0.15, -0.1) is 0 Å². The van der Waals surface area contributed by atoms with Crippen molar-refractivity contribution < 1.29 is 4.99 Å². The summed E-state index contributed by atoms with van der Waals surface area (Å²) in [6.45, 7) is 3.84. The van der Waals surface area contributed by atoms with E-state index in [4.69, 9.17) is 11.6 Å². The molecule has 3 N–H and O–H groups in total. The fraction of sp³-hybridized carbons (Fsp3) is 0.150. The van der Waals surface area contributed by atoms with Gasteiger partial charge in [-0.25, -0.2) is 20.2 Å². The largest absolute Gasteiger partial charge is 0.357 e. The summed E-state index contributed by atoms with van der Waals surface area (Å²) in [6.07, 6.45) is -0.411. The van der Waals surface area contributed by atoms with Gasteiger partial charge in [0.25, 0.3) is 11.5 Å². The second-order valence-corrected chi connectivity index (χ2v) is 6.96. The Morgan fingerprint density at radius 1 is 1.15 bits per heavy atom. The van der Waals surface area contributed by atoms with Gasteiger partial charge < -0.3 is 0 Å². The number of fused-ring (bicyclic) bond motifs is 1. The molecule has 1 aliphatic rings. The monoisotopic (exact) mass is 380 g/mol. The summed E-state index contributed by atoms with van der Waals surface area (Å²) in [7, 11) is 0.